The number of aryl methyl sites for hydroxylation is 1. The van der Waals surface area contributed by atoms with Crippen LogP contribution in [0.3, 0.4) is 0 Å². The first-order valence-electron chi connectivity index (χ1n) is 7.24. The Kier molecular flexibility index (Phi) is 4.99. The van der Waals surface area contributed by atoms with Gasteiger partial charge in [0, 0.05) is 10.5 Å². The number of carbonyl (C=O) groups excluding carboxylic acids is 1. The first kappa shape index (κ1) is 16.7. The molecule has 0 unspecified atom stereocenters. The Morgan fingerprint density at radius 2 is 1.83 bits per heavy atom. The highest BCUT2D eigenvalue weighted by atomic mass is 32.2. The summed E-state index contributed by atoms with van der Waals surface area (Å²) >= 11 is 1.12. The van der Waals surface area contributed by atoms with Crippen LogP contribution in [0.25, 0.3) is 11.1 Å². The van der Waals surface area contributed by atoms with E-state index < -0.39 is 5.97 Å². The summed E-state index contributed by atoms with van der Waals surface area (Å²) in [5.41, 5.74) is 3.79. The molecule has 3 rings (SSSR count). The summed E-state index contributed by atoms with van der Waals surface area (Å²) in [6.45, 7) is 2.15. The second kappa shape index (κ2) is 7.17. The van der Waals surface area contributed by atoms with E-state index in [1.165, 1.54) is 19.2 Å². The lowest BCUT2D eigenvalue weighted by atomic mass is 9.96. The molecule has 0 saturated carbocycles. The van der Waals surface area contributed by atoms with Gasteiger partial charge in [0.1, 0.15) is 12.4 Å². The van der Waals surface area contributed by atoms with Crippen molar-refractivity contribution in [1.82, 2.24) is 0 Å². The molecule has 6 heteroatoms. The van der Waals surface area contributed by atoms with Crippen molar-refractivity contribution in [2.45, 2.75) is 11.8 Å². The number of halogens is 1. The number of rotatable bonds is 5. The van der Waals surface area contributed by atoms with Crippen molar-refractivity contribution in [2.75, 3.05) is 13.7 Å². The third-order valence-corrected chi connectivity index (χ3v) is 4.54. The molecule has 0 atom stereocenters. The Morgan fingerprint density at radius 3 is 2.50 bits per heavy atom. The molecule has 0 aliphatic carbocycles. The van der Waals surface area contributed by atoms with Gasteiger partial charge in [-0.15, -0.1) is 0 Å². The predicted octanol–water partition coefficient (Wildman–Crippen LogP) is 4.19. The summed E-state index contributed by atoms with van der Waals surface area (Å²) in [6.07, 6.45) is 0. The van der Waals surface area contributed by atoms with Crippen molar-refractivity contribution >= 4 is 29.2 Å². The van der Waals surface area contributed by atoms with Crippen LogP contribution in [0.15, 0.2) is 47.4 Å². The van der Waals surface area contributed by atoms with Crippen LogP contribution in [-0.2, 0) is 18.8 Å². The van der Waals surface area contributed by atoms with Crippen LogP contribution in [0.2, 0.25) is 0 Å². The normalized spacial score (nSPS) is 14.2. The molecular formula is C18H15FO4S. The average molecular weight is 346 g/mol. The van der Waals surface area contributed by atoms with Crippen LogP contribution in [0.5, 0.6) is 0 Å². The van der Waals surface area contributed by atoms with Crippen LogP contribution in [0.1, 0.15) is 16.7 Å². The fourth-order valence-corrected chi connectivity index (χ4v) is 3.00. The van der Waals surface area contributed by atoms with Crippen molar-refractivity contribution in [1.29, 1.82) is 0 Å². The fourth-order valence-electron chi connectivity index (χ4n) is 2.54. The summed E-state index contributed by atoms with van der Waals surface area (Å²) in [5, 5.41) is 0. The van der Waals surface area contributed by atoms with Gasteiger partial charge in [-0.25, -0.2) is 14.1 Å². The molecule has 4 nitrogen and oxygen atoms in total. The molecular weight excluding hydrogens is 331 g/mol. The highest BCUT2D eigenvalue weighted by Crippen LogP contribution is 2.35. The SMILES string of the molecule is COOSc1ccc(C2=C(c3ccc(F)cc3)C(=O)OC2)cc1C. The molecule has 0 spiro atoms. The molecule has 24 heavy (non-hydrogen) atoms. The van der Waals surface area contributed by atoms with Crippen LogP contribution < -0.4 is 0 Å². The smallest absolute Gasteiger partial charge is 0.339 e. The molecule has 2 aromatic carbocycles. The van der Waals surface area contributed by atoms with E-state index in [-0.39, 0.29) is 12.4 Å². The molecule has 0 radical (unpaired) electrons. The van der Waals surface area contributed by atoms with Gasteiger partial charge >= 0.3 is 5.97 Å². The Morgan fingerprint density at radius 1 is 1.12 bits per heavy atom. The van der Waals surface area contributed by atoms with Crippen molar-refractivity contribution in [3.05, 3.63) is 65.0 Å². The molecule has 0 fully saturated rings. The van der Waals surface area contributed by atoms with Crippen molar-refractivity contribution in [2.24, 2.45) is 0 Å². The zero-order chi connectivity index (χ0) is 17.1. The molecule has 0 saturated heterocycles. The van der Waals surface area contributed by atoms with Crippen molar-refractivity contribution < 1.29 is 23.1 Å². The quantitative estimate of drug-likeness (QED) is 0.352. The molecule has 2 aromatic rings. The molecule has 0 aromatic heterocycles. The maximum Gasteiger partial charge on any atom is 0.339 e. The summed E-state index contributed by atoms with van der Waals surface area (Å²) < 4.78 is 23.2. The minimum atomic E-state index is -0.393. The van der Waals surface area contributed by atoms with Gasteiger partial charge in [-0.1, -0.05) is 24.3 Å². The van der Waals surface area contributed by atoms with Gasteiger partial charge in [0.2, 0.25) is 0 Å². The second-order valence-electron chi connectivity index (χ2n) is 5.23. The van der Waals surface area contributed by atoms with Crippen LogP contribution in [0.4, 0.5) is 4.39 Å². The Labute approximate surface area is 143 Å². The predicted molar refractivity (Wildman–Crippen MR) is 89.3 cm³/mol. The van der Waals surface area contributed by atoms with Gasteiger partial charge in [0.25, 0.3) is 0 Å². The number of ether oxygens (including phenoxy) is 1. The second-order valence-corrected chi connectivity index (χ2v) is 5.98. The lowest BCUT2D eigenvalue weighted by Crippen LogP contribution is -1.98. The number of esters is 1. The highest BCUT2D eigenvalue weighted by molar-refractivity contribution is 7.94. The first-order valence-corrected chi connectivity index (χ1v) is 7.99. The third-order valence-electron chi connectivity index (χ3n) is 3.70. The molecule has 0 bridgehead atoms. The van der Waals surface area contributed by atoms with E-state index in [0.29, 0.717) is 11.1 Å². The molecule has 0 amide bonds. The van der Waals surface area contributed by atoms with E-state index in [0.717, 1.165) is 33.6 Å². The highest BCUT2D eigenvalue weighted by Gasteiger charge is 2.27. The van der Waals surface area contributed by atoms with Crippen LogP contribution >= 0.6 is 12.0 Å². The van der Waals surface area contributed by atoms with Gasteiger partial charge in [-0.3, -0.25) is 0 Å². The summed E-state index contributed by atoms with van der Waals surface area (Å²) in [5.74, 6) is -0.738. The zero-order valence-corrected chi connectivity index (χ0v) is 14.0. The van der Waals surface area contributed by atoms with E-state index in [9.17, 15) is 9.18 Å². The van der Waals surface area contributed by atoms with Gasteiger partial charge in [0.15, 0.2) is 0 Å². The third kappa shape index (κ3) is 3.36. The summed E-state index contributed by atoms with van der Waals surface area (Å²) in [4.78, 5) is 17.6. The molecule has 1 aliphatic heterocycles. The van der Waals surface area contributed by atoms with E-state index in [1.54, 1.807) is 12.1 Å². The van der Waals surface area contributed by atoms with E-state index in [1.807, 2.05) is 25.1 Å². The number of carbonyl (C=O) groups is 1. The van der Waals surface area contributed by atoms with Crippen molar-refractivity contribution in [3.8, 4) is 0 Å². The topological polar surface area (TPSA) is 44.8 Å². The minimum Gasteiger partial charge on any atom is -0.457 e. The molecule has 0 N–H and O–H groups in total. The van der Waals surface area contributed by atoms with E-state index in [2.05, 4.69) is 4.89 Å². The Balaban J connectivity index is 2.01. The minimum absolute atomic E-state index is 0.200. The van der Waals surface area contributed by atoms with Gasteiger partial charge in [-0.05, 0) is 41.8 Å². The molecule has 1 heterocycles. The lowest BCUT2D eigenvalue weighted by Gasteiger charge is -2.08. The summed E-state index contributed by atoms with van der Waals surface area (Å²) in [6, 6.07) is 11.6. The number of hydrogen-bond donors (Lipinski definition) is 0. The first-order chi connectivity index (χ1) is 11.6. The van der Waals surface area contributed by atoms with E-state index in [4.69, 9.17) is 9.07 Å². The zero-order valence-electron chi connectivity index (χ0n) is 13.2. The van der Waals surface area contributed by atoms with Gasteiger partial charge in [0.05, 0.1) is 24.7 Å². The summed E-state index contributed by atoms with van der Waals surface area (Å²) in [7, 11) is 1.44. The van der Waals surface area contributed by atoms with Crippen molar-refractivity contribution in [3.63, 3.8) is 0 Å². The average Bonchev–Trinajstić information content (AvgIpc) is 2.96. The van der Waals surface area contributed by atoms with Crippen LogP contribution in [0, 0.1) is 12.7 Å². The Hall–Kier alpha value is -2.15. The number of cyclic esters (lactones) is 1. The van der Waals surface area contributed by atoms with E-state index >= 15 is 0 Å². The Bertz CT molecular complexity index is 799. The maximum absolute atomic E-state index is 13.1. The monoisotopic (exact) mass is 346 g/mol. The number of benzene rings is 2. The fraction of sp³-hybridized carbons (Fsp3) is 0.167. The lowest BCUT2D eigenvalue weighted by molar-refractivity contribution is -0.160. The maximum atomic E-state index is 13.1. The van der Waals surface area contributed by atoms with Gasteiger partial charge in [-0.2, -0.15) is 4.33 Å². The standard InChI is InChI=1S/C18H15FO4S/c1-11-9-13(5-8-16(11)24-23-21-2)15-10-22-18(20)17(15)12-3-6-14(19)7-4-12/h3-9H,10H2,1-2H3. The van der Waals surface area contributed by atoms with Gasteiger partial charge < -0.3 is 4.74 Å². The molecule has 1 aliphatic rings. The number of hydrogen-bond acceptors (Lipinski definition) is 5. The van der Waals surface area contributed by atoms with Crippen LogP contribution in [-0.4, -0.2) is 19.7 Å². The largest absolute Gasteiger partial charge is 0.457 e. The molecule has 124 valence electrons.